The zero-order valence-corrected chi connectivity index (χ0v) is 15.2. The second-order valence-electron chi connectivity index (χ2n) is 6.52. The first-order valence-corrected chi connectivity index (χ1v) is 10.1. The van der Waals surface area contributed by atoms with Crippen LogP contribution in [0.25, 0.3) is 0 Å². The van der Waals surface area contributed by atoms with Crippen molar-refractivity contribution in [2.45, 2.75) is 57.5 Å². The van der Waals surface area contributed by atoms with E-state index in [4.69, 9.17) is 0 Å². The highest BCUT2D eigenvalue weighted by molar-refractivity contribution is 7.88. The van der Waals surface area contributed by atoms with Crippen LogP contribution in [0.15, 0.2) is 24.3 Å². The van der Waals surface area contributed by atoms with Gasteiger partial charge >= 0.3 is 0 Å². The fourth-order valence-electron chi connectivity index (χ4n) is 2.86. The van der Waals surface area contributed by atoms with E-state index in [-0.39, 0.29) is 23.7 Å². The van der Waals surface area contributed by atoms with Gasteiger partial charge in [0.25, 0.3) is 0 Å². The molecule has 0 saturated carbocycles. The predicted molar refractivity (Wildman–Crippen MR) is 94.8 cm³/mol. The van der Waals surface area contributed by atoms with Gasteiger partial charge in [-0.3, -0.25) is 4.79 Å². The maximum absolute atomic E-state index is 12.2. The minimum Gasteiger partial charge on any atom is -0.351 e. The van der Waals surface area contributed by atoms with E-state index in [1.54, 1.807) is 19.9 Å². The van der Waals surface area contributed by atoms with E-state index in [0.717, 1.165) is 31.4 Å². The van der Waals surface area contributed by atoms with E-state index in [1.807, 2.05) is 18.2 Å². The molecule has 134 valence electrons. The Kier molecular flexibility index (Phi) is 6.77. The van der Waals surface area contributed by atoms with Crippen LogP contribution < -0.4 is 15.4 Å². The lowest BCUT2D eigenvalue weighted by Gasteiger charge is -2.22. The highest BCUT2D eigenvalue weighted by Gasteiger charge is 2.21. The summed E-state index contributed by atoms with van der Waals surface area (Å²) in [6, 6.07) is 7.03. The van der Waals surface area contributed by atoms with Crippen molar-refractivity contribution in [3.8, 4) is 0 Å². The summed E-state index contributed by atoms with van der Waals surface area (Å²) < 4.78 is 26.9. The van der Waals surface area contributed by atoms with Crippen LogP contribution in [0.2, 0.25) is 0 Å². The fourth-order valence-corrected chi connectivity index (χ4v) is 4.35. The van der Waals surface area contributed by atoms with Gasteiger partial charge in [0, 0.05) is 12.6 Å². The second kappa shape index (κ2) is 8.60. The summed E-state index contributed by atoms with van der Waals surface area (Å²) in [5.74, 6) is -0.105. The number of benzene rings is 1. The van der Waals surface area contributed by atoms with Crippen LogP contribution in [0.4, 0.5) is 0 Å². The standard InChI is InChI=1S/C17H27N3O3S/c1-13(2)20-24(22,23)12-15-8-4-3-7-14(15)11-19-17(21)16-9-5-6-10-18-16/h3-4,7-8,13,16,18,20H,5-6,9-12H2,1-2H3,(H,19,21). The van der Waals surface area contributed by atoms with Gasteiger partial charge in [-0.05, 0) is 44.4 Å². The molecule has 1 amide bonds. The van der Waals surface area contributed by atoms with Crippen molar-refractivity contribution in [2.75, 3.05) is 6.54 Å². The van der Waals surface area contributed by atoms with E-state index in [9.17, 15) is 13.2 Å². The van der Waals surface area contributed by atoms with Gasteiger partial charge < -0.3 is 10.6 Å². The Morgan fingerprint density at radius 2 is 1.96 bits per heavy atom. The number of sulfonamides is 1. The number of carbonyl (C=O) groups is 1. The van der Waals surface area contributed by atoms with Gasteiger partial charge in [0.2, 0.25) is 15.9 Å². The summed E-state index contributed by atoms with van der Waals surface area (Å²) in [5.41, 5.74) is 1.54. The van der Waals surface area contributed by atoms with Crippen molar-refractivity contribution in [1.29, 1.82) is 0 Å². The molecule has 0 bridgehead atoms. The Balaban J connectivity index is 1.99. The Bertz CT molecular complexity index is 653. The van der Waals surface area contributed by atoms with Crippen LogP contribution in [0, 0.1) is 0 Å². The van der Waals surface area contributed by atoms with Crippen LogP contribution in [0.3, 0.4) is 0 Å². The number of hydrogen-bond donors (Lipinski definition) is 3. The van der Waals surface area contributed by atoms with E-state index in [0.29, 0.717) is 12.1 Å². The summed E-state index contributed by atoms with van der Waals surface area (Å²) in [4.78, 5) is 12.2. The van der Waals surface area contributed by atoms with Gasteiger partial charge in [-0.15, -0.1) is 0 Å². The lowest BCUT2D eigenvalue weighted by Crippen LogP contribution is -2.46. The van der Waals surface area contributed by atoms with Crippen molar-refractivity contribution in [3.05, 3.63) is 35.4 Å². The largest absolute Gasteiger partial charge is 0.351 e. The van der Waals surface area contributed by atoms with Crippen molar-refractivity contribution >= 4 is 15.9 Å². The van der Waals surface area contributed by atoms with Crippen LogP contribution in [-0.4, -0.2) is 33.0 Å². The molecule has 1 atom stereocenters. The topological polar surface area (TPSA) is 87.3 Å². The third-order valence-electron chi connectivity index (χ3n) is 3.96. The first kappa shape index (κ1) is 18.9. The quantitative estimate of drug-likeness (QED) is 0.689. The first-order chi connectivity index (χ1) is 11.4. The highest BCUT2D eigenvalue weighted by Crippen LogP contribution is 2.13. The number of hydrogen-bond acceptors (Lipinski definition) is 4. The molecule has 0 spiro atoms. The molecule has 6 nitrogen and oxygen atoms in total. The van der Waals surface area contributed by atoms with E-state index >= 15 is 0 Å². The van der Waals surface area contributed by atoms with Crippen molar-refractivity contribution in [3.63, 3.8) is 0 Å². The number of rotatable bonds is 7. The average Bonchev–Trinajstić information content (AvgIpc) is 2.53. The Morgan fingerprint density at radius 1 is 1.25 bits per heavy atom. The third kappa shape index (κ3) is 5.89. The number of nitrogens with one attached hydrogen (secondary N) is 3. The van der Waals surface area contributed by atoms with Gasteiger partial charge in [-0.2, -0.15) is 0 Å². The zero-order valence-electron chi connectivity index (χ0n) is 14.3. The molecular weight excluding hydrogens is 326 g/mol. The first-order valence-electron chi connectivity index (χ1n) is 8.45. The van der Waals surface area contributed by atoms with Gasteiger partial charge in [0.15, 0.2) is 0 Å². The minimum atomic E-state index is -3.39. The molecule has 0 aliphatic carbocycles. The van der Waals surface area contributed by atoms with Gasteiger partial charge in [-0.1, -0.05) is 30.7 Å². The molecule has 1 fully saturated rings. The van der Waals surface area contributed by atoms with Crippen LogP contribution in [-0.2, 0) is 27.1 Å². The maximum Gasteiger partial charge on any atom is 0.237 e. The molecule has 1 aliphatic rings. The summed E-state index contributed by atoms with van der Waals surface area (Å²) in [7, 11) is -3.39. The normalized spacial score (nSPS) is 18.5. The minimum absolute atomic E-state index is 0.0207. The highest BCUT2D eigenvalue weighted by atomic mass is 32.2. The van der Waals surface area contributed by atoms with Crippen molar-refractivity contribution in [1.82, 2.24) is 15.4 Å². The maximum atomic E-state index is 12.2. The van der Waals surface area contributed by atoms with E-state index in [1.165, 1.54) is 0 Å². The molecule has 0 aromatic heterocycles. The summed E-state index contributed by atoms with van der Waals surface area (Å²) in [5, 5.41) is 6.13. The summed E-state index contributed by atoms with van der Waals surface area (Å²) >= 11 is 0. The molecule has 0 radical (unpaired) electrons. The van der Waals surface area contributed by atoms with Gasteiger partial charge in [0.1, 0.15) is 0 Å². The fraction of sp³-hybridized carbons (Fsp3) is 0.588. The number of carbonyl (C=O) groups excluding carboxylic acids is 1. The molecule has 1 aliphatic heterocycles. The molecule has 1 saturated heterocycles. The lowest BCUT2D eigenvalue weighted by atomic mass is 10.0. The molecule has 7 heteroatoms. The average molecular weight is 353 g/mol. The third-order valence-corrected chi connectivity index (χ3v) is 5.48. The second-order valence-corrected chi connectivity index (χ2v) is 8.27. The molecular formula is C17H27N3O3S. The van der Waals surface area contributed by atoms with E-state index in [2.05, 4.69) is 15.4 Å². The summed E-state index contributed by atoms with van der Waals surface area (Å²) in [6.07, 6.45) is 3.01. The zero-order chi connectivity index (χ0) is 17.6. The Morgan fingerprint density at radius 3 is 2.58 bits per heavy atom. The van der Waals surface area contributed by atoms with Crippen molar-refractivity contribution in [2.24, 2.45) is 0 Å². The SMILES string of the molecule is CC(C)NS(=O)(=O)Cc1ccccc1CNC(=O)C1CCCCN1. The monoisotopic (exact) mass is 353 g/mol. The molecule has 2 rings (SSSR count). The van der Waals surface area contributed by atoms with Crippen molar-refractivity contribution < 1.29 is 13.2 Å². The molecule has 1 aromatic rings. The van der Waals surface area contributed by atoms with Gasteiger partial charge in [-0.25, -0.2) is 13.1 Å². The molecule has 1 unspecified atom stereocenters. The summed E-state index contributed by atoms with van der Waals surface area (Å²) in [6.45, 7) is 4.79. The molecule has 1 aromatic carbocycles. The van der Waals surface area contributed by atoms with Gasteiger partial charge in [0.05, 0.1) is 11.8 Å². The van der Waals surface area contributed by atoms with Crippen LogP contribution in [0.5, 0.6) is 0 Å². The van der Waals surface area contributed by atoms with Crippen LogP contribution in [0.1, 0.15) is 44.2 Å². The van der Waals surface area contributed by atoms with Crippen LogP contribution >= 0.6 is 0 Å². The molecule has 3 N–H and O–H groups in total. The number of piperidine rings is 1. The lowest BCUT2D eigenvalue weighted by molar-refractivity contribution is -0.123. The molecule has 1 heterocycles. The Hall–Kier alpha value is -1.44. The van der Waals surface area contributed by atoms with E-state index < -0.39 is 10.0 Å². The Labute approximate surface area is 144 Å². The number of amides is 1. The molecule has 24 heavy (non-hydrogen) atoms. The predicted octanol–water partition coefficient (Wildman–Crippen LogP) is 1.27. The smallest absolute Gasteiger partial charge is 0.237 e.